The number of fused-ring (bicyclic) bond motifs is 1. The van der Waals surface area contributed by atoms with Gasteiger partial charge in [0.15, 0.2) is 0 Å². The van der Waals surface area contributed by atoms with E-state index in [-0.39, 0.29) is 11.9 Å². The Kier molecular flexibility index (Phi) is 5.91. The zero-order chi connectivity index (χ0) is 21.9. The average Bonchev–Trinajstić information content (AvgIpc) is 2.99. The van der Waals surface area contributed by atoms with E-state index in [0.717, 1.165) is 45.4 Å². The van der Waals surface area contributed by atoms with Crippen molar-refractivity contribution in [2.24, 2.45) is 0 Å². The van der Waals surface area contributed by atoms with Crippen LogP contribution in [0.2, 0.25) is 0 Å². The van der Waals surface area contributed by atoms with Crippen LogP contribution in [-0.4, -0.2) is 16.9 Å². The van der Waals surface area contributed by atoms with Crippen LogP contribution < -0.4 is 11.1 Å². The van der Waals surface area contributed by atoms with E-state index in [4.69, 9.17) is 10.7 Å². The Morgan fingerprint density at radius 3 is 2.19 bits per heavy atom. The van der Waals surface area contributed by atoms with E-state index < -0.39 is 0 Å². The maximum atomic E-state index is 13.2. The molecule has 5 rings (SSSR count). The zero-order valence-corrected chi connectivity index (χ0v) is 18.8. The van der Waals surface area contributed by atoms with E-state index >= 15 is 0 Å². The summed E-state index contributed by atoms with van der Waals surface area (Å²) in [6, 6.07) is 22.6. The van der Waals surface area contributed by atoms with Gasteiger partial charge in [-0.2, -0.15) is 0 Å². The van der Waals surface area contributed by atoms with Crippen molar-refractivity contribution >= 4 is 33.1 Å². The molecule has 0 saturated heterocycles. The number of benzene rings is 2. The number of nitrogens with zero attached hydrogens (tertiary/aromatic N) is 1. The highest BCUT2D eigenvalue weighted by Gasteiger charge is 2.23. The fourth-order valence-corrected chi connectivity index (χ4v) is 5.59. The molecule has 32 heavy (non-hydrogen) atoms. The fraction of sp³-hybridized carbons (Fsp3) is 0.259. The number of rotatable bonds is 4. The van der Waals surface area contributed by atoms with Gasteiger partial charge in [0.05, 0.1) is 11.4 Å². The Labute approximate surface area is 192 Å². The summed E-state index contributed by atoms with van der Waals surface area (Å²) < 4.78 is 0. The Morgan fingerprint density at radius 2 is 1.53 bits per heavy atom. The Hall–Kier alpha value is -3.18. The predicted octanol–water partition coefficient (Wildman–Crippen LogP) is 6.67. The van der Waals surface area contributed by atoms with Gasteiger partial charge < -0.3 is 11.1 Å². The molecule has 2 heterocycles. The number of hydrogen-bond acceptors (Lipinski definition) is 4. The van der Waals surface area contributed by atoms with Crippen molar-refractivity contribution in [2.75, 3.05) is 5.73 Å². The number of thiophene rings is 1. The van der Waals surface area contributed by atoms with Crippen LogP contribution in [0.5, 0.6) is 0 Å². The van der Waals surface area contributed by atoms with E-state index in [1.54, 1.807) is 0 Å². The minimum Gasteiger partial charge on any atom is -0.397 e. The molecule has 1 saturated carbocycles. The molecule has 0 aliphatic heterocycles. The van der Waals surface area contributed by atoms with Gasteiger partial charge >= 0.3 is 0 Å². The zero-order valence-electron chi connectivity index (χ0n) is 18.0. The van der Waals surface area contributed by atoms with Gasteiger partial charge in [-0.15, -0.1) is 11.3 Å². The minimum atomic E-state index is -0.0716. The van der Waals surface area contributed by atoms with Crippen molar-refractivity contribution in [3.05, 3.63) is 71.6 Å². The third kappa shape index (κ3) is 4.13. The highest BCUT2D eigenvalue weighted by Crippen LogP contribution is 2.41. The summed E-state index contributed by atoms with van der Waals surface area (Å²) in [7, 11) is 0. The number of carbonyl (C=O) groups is 1. The lowest BCUT2D eigenvalue weighted by atomic mass is 9.99. The number of anilines is 1. The molecule has 1 amide bonds. The Balaban J connectivity index is 1.60. The number of pyridine rings is 1. The van der Waals surface area contributed by atoms with Gasteiger partial charge in [-0.3, -0.25) is 4.79 Å². The van der Waals surface area contributed by atoms with Crippen LogP contribution >= 0.6 is 11.3 Å². The van der Waals surface area contributed by atoms with Gasteiger partial charge in [-0.1, -0.05) is 86.3 Å². The maximum absolute atomic E-state index is 13.2. The van der Waals surface area contributed by atoms with Gasteiger partial charge in [-0.05, 0) is 30.0 Å². The summed E-state index contributed by atoms with van der Waals surface area (Å²) in [6.45, 7) is 0. The van der Waals surface area contributed by atoms with Crippen molar-refractivity contribution in [3.63, 3.8) is 0 Å². The first-order valence-electron chi connectivity index (χ1n) is 11.4. The van der Waals surface area contributed by atoms with E-state index in [1.807, 2.05) is 36.4 Å². The lowest BCUT2D eigenvalue weighted by Gasteiger charge is -2.15. The summed E-state index contributed by atoms with van der Waals surface area (Å²) in [5.74, 6) is -0.0716. The summed E-state index contributed by atoms with van der Waals surface area (Å²) in [4.78, 5) is 19.5. The molecule has 0 atom stereocenters. The molecule has 4 nitrogen and oxygen atoms in total. The molecule has 0 radical (unpaired) electrons. The standard InChI is InChI=1S/C27H27N3OS/c28-24-23-21(18-11-5-3-6-12-18)17-22(19-13-7-4-8-14-19)30-27(23)32-25(24)26(31)29-20-15-9-1-2-10-16-20/h3-8,11-14,17,20H,1-2,9-10,15-16,28H2,(H,29,31). The van der Waals surface area contributed by atoms with Crippen LogP contribution in [0.3, 0.4) is 0 Å². The number of hydrogen-bond donors (Lipinski definition) is 2. The highest BCUT2D eigenvalue weighted by molar-refractivity contribution is 7.21. The van der Waals surface area contributed by atoms with Crippen molar-refractivity contribution < 1.29 is 4.79 Å². The van der Waals surface area contributed by atoms with Gasteiger partial charge in [-0.25, -0.2) is 4.98 Å². The number of nitrogen functional groups attached to an aromatic ring is 1. The first-order valence-corrected chi connectivity index (χ1v) is 12.2. The number of aromatic nitrogens is 1. The fourth-order valence-electron chi connectivity index (χ4n) is 4.57. The molecule has 1 aliphatic rings. The van der Waals surface area contributed by atoms with Gasteiger partial charge in [0.1, 0.15) is 9.71 Å². The van der Waals surface area contributed by atoms with Gasteiger partial charge in [0.2, 0.25) is 0 Å². The molecule has 2 aromatic carbocycles. The molecular weight excluding hydrogens is 414 g/mol. The molecule has 0 unspecified atom stereocenters. The van der Waals surface area contributed by atoms with Crippen molar-refractivity contribution in [1.82, 2.24) is 10.3 Å². The molecule has 2 aromatic heterocycles. The number of nitrogens with one attached hydrogen (secondary N) is 1. The van der Waals surface area contributed by atoms with Crippen molar-refractivity contribution in [3.8, 4) is 22.4 Å². The molecule has 1 fully saturated rings. The molecule has 5 heteroatoms. The van der Waals surface area contributed by atoms with E-state index in [0.29, 0.717) is 10.6 Å². The lowest BCUT2D eigenvalue weighted by Crippen LogP contribution is -2.34. The molecule has 4 aromatic rings. The summed E-state index contributed by atoms with van der Waals surface area (Å²) in [6.07, 6.45) is 6.94. The van der Waals surface area contributed by atoms with E-state index in [1.165, 1.54) is 37.0 Å². The molecular formula is C27H27N3OS. The largest absolute Gasteiger partial charge is 0.397 e. The van der Waals surface area contributed by atoms with Crippen LogP contribution in [0.25, 0.3) is 32.6 Å². The van der Waals surface area contributed by atoms with E-state index in [9.17, 15) is 4.79 Å². The lowest BCUT2D eigenvalue weighted by molar-refractivity contribution is 0.0938. The molecule has 0 spiro atoms. The normalized spacial score (nSPS) is 14.9. The summed E-state index contributed by atoms with van der Waals surface area (Å²) in [5, 5.41) is 4.11. The molecule has 1 aliphatic carbocycles. The van der Waals surface area contributed by atoms with Crippen LogP contribution in [0.4, 0.5) is 5.69 Å². The molecule has 162 valence electrons. The van der Waals surface area contributed by atoms with Crippen LogP contribution in [0, 0.1) is 0 Å². The second-order valence-corrected chi connectivity index (χ2v) is 9.47. The average molecular weight is 442 g/mol. The van der Waals surface area contributed by atoms with Gasteiger partial charge in [0.25, 0.3) is 5.91 Å². The predicted molar refractivity (Wildman–Crippen MR) is 134 cm³/mol. The quantitative estimate of drug-likeness (QED) is 0.348. The van der Waals surface area contributed by atoms with Crippen LogP contribution in [-0.2, 0) is 0 Å². The number of amides is 1. The first-order chi connectivity index (χ1) is 15.7. The topological polar surface area (TPSA) is 68.0 Å². The third-order valence-corrected chi connectivity index (χ3v) is 7.35. The van der Waals surface area contributed by atoms with E-state index in [2.05, 4.69) is 35.6 Å². The molecule has 0 bridgehead atoms. The second kappa shape index (κ2) is 9.13. The summed E-state index contributed by atoms with van der Waals surface area (Å²) in [5.41, 5.74) is 11.1. The maximum Gasteiger partial charge on any atom is 0.263 e. The molecule has 3 N–H and O–H groups in total. The number of nitrogens with two attached hydrogens (primary N) is 1. The smallest absolute Gasteiger partial charge is 0.263 e. The van der Waals surface area contributed by atoms with Crippen molar-refractivity contribution in [2.45, 2.75) is 44.6 Å². The highest BCUT2D eigenvalue weighted by atomic mass is 32.1. The second-order valence-electron chi connectivity index (χ2n) is 8.47. The Morgan fingerprint density at radius 1 is 0.906 bits per heavy atom. The van der Waals surface area contributed by atoms with Gasteiger partial charge in [0, 0.05) is 17.0 Å². The van der Waals surface area contributed by atoms with Crippen LogP contribution in [0.1, 0.15) is 48.2 Å². The minimum absolute atomic E-state index is 0.0716. The summed E-state index contributed by atoms with van der Waals surface area (Å²) >= 11 is 1.40. The third-order valence-electron chi connectivity index (χ3n) is 6.25. The Bertz CT molecular complexity index is 1230. The van der Waals surface area contributed by atoms with Crippen LogP contribution in [0.15, 0.2) is 66.7 Å². The number of carbonyl (C=O) groups excluding carboxylic acids is 1. The monoisotopic (exact) mass is 441 g/mol. The van der Waals surface area contributed by atoms with Crippen molar-refractivity contribution in [1.29, 1.82) is 0 Å². The first kappa shape index (κ1) is 20.7. The SMILES string of the molecule is Nc1c(C(=O)NC2CCCCCC2)sc2nc(-c3ccccc3)cc(-c3ccccc3)c12.